The summed E-state index contributed by atoms with van der Waals surface area (Å²) in [6, 6.07) is 5.21. The first kappa shape index (κ1) is 11.2. The molecule has 0 aromatic heterocycles. The Bertz CT molecular complexity index is 368. The average Bonchev–Trinajstić information content (AvgIpc) is 2.22. The molecule has 0 spiro atoms. The smallest absolute Gasteiger partial charge is 0.341 e. The monoisotopic (exact) mass is 210 g/mol. The number of aliphatic hydroxyl groups is 1. The third-order valence-corrected chi connectivity index (χ3v) is 1.78. The van der Waals surface area contributed by atoms with E-state index in [0.717, 1.165) is 0 Å². The van der Waals surface area contributed by atoms with E-state index in [1.165, 1.54) is 24.3 Å². The largest absolute Gasteiger partial charge is 0.515 e. The molecule has 4 heteroatoms. The van der Waals surface area contributed by atoms with Crippen LogP contribution in [-0.2, 0) is 9.53 Å². The van der Waals surface area contributed by atoms with E-state index in [4.69, 9.17) is 9.84 Å². The van der Waals surface area contributed by atoms with Gasteiger partial charge in [-0.15, -0.1) is 0 Å². The van der Waals surface area contributed by atoms with Crippen LogP contribution < -0.4 is 0 Å². The fraction of sp³-hybridized carbons (Fsp3) is 0.182. The van der Waals surface area contributed by atoms with Crippen molar-refractivity contribution in [1.29, 1.82) is 0 Å². The first-order valence-electron chi connectivity index (χ1n) is 4.46. The predicted octanol–water partition coefficient (Wildman–Crippen LogP) is 2.29. The maximum Gasteiger partial charge on any atom is 0.341 e. The number of hydrogen-bond acceptors (Lipinski definition) is 3. The summed E-state index contributed by atoms with van der Waals surface area (Å²) in [5.41, 5.74) is 0.425. The summed E-state index contributed by atoms with van der Waals surface area (Å²) in [6.45, 7) is 1.88. The Labute approximate surface area is 86.8 Å². The number of aliphatic hydroxyl groups excluding tert-OH is 1. The number of halogens is 1. The molecule has 0 saturated heterocycles. The first-order valence-corrected chi connectivity index (χ1v) is 4.46. The van der Waals surface area contributed by atoms with Crippen molar-refractivity contribution in [2.24, 2.45) is 0 Å². The van der Waals surface area contributed by atoms with Gasteiger partial charge in [-0.1, -0.05) is 12.1 Å². The van der Waals surface area contributed by atoms with Crippen LogP contribution in [0, 0.1) is 5.82 Å². The summed E-state index contributed by atoms with van der Waals surface area (Å²) >= 11 is 0. The lowest BCUT2D eigenvalue weighted by Gasteiger charge is -2.05. The second-order valence-electron chi connectivity index (χ2n) is 2.77. The van der Waals surface area contributed by atoms with Crippen LogP contribution in [0.3, 0.4) is 0 Å². The molecule has 0 bridgehead atoms. The molecule has 0 unspecified atom stereocenters. The van der Waals surface area contributed by atoms with Crippen molar-refractivity contribution < 1.29 is 19.0 Å². The number of rotatable bonds is 3. The van der Waals surface area contributed by atoms with Crippen LogP contribution in [0.2, 0.25) is 0 Å². The lowest BCUT2D eigenvalue weighted by Crippen LogP contribution is -2.06. The Morgan fingerprint density at radius 3 is 2.53 bits per heavy atom. The predicted molar refractivity (Wildman–Crippen MR) is 53.6 cm³/mol. The Kier molecular flexibility index (Phi) is 3.85. The third kappa shape index (κ3) is 2.80. The van der Waals surface area contributed by atoms with Crippen LogP contribution in [0.1, 0.15) is 12.5 Å². The molecule has 0 heterocycles. The Hall–Kier alpha value is -1.84. The molecule has 3 nitrogen and oxygen atoms in total. The molecule has 1 aromatic carbocycles. The van der Waals surface area contributed by atoms with E-state index in [-0.39, 0.29) is 12.2 Å². The van der Waals surface area contributed by atoms with Gasteiger partial charge in [0.2, 0.25) is 0 Å². The first-order chi connectivity index (χ1) is 7.19. The molecular formula is C11H11FO3. The van der Waals surface area contributed by atoms with Crippen LogP contribution in [-0.4, -0.2) is 17.7 Å². The van der Waals surface area contributed by atoms with Crippen molar-refractivity contribution in [2.75, 3.05) is 6.61 Å². The van der Waals surface area contributed by atoms with E-state index in [1.54, 1.807) is 6.92 Å². The zero-order valence-corrected chi connectivity index (χ0v) is 8.24. The van der Waals surface area contributed by atoms with E-state index in [2.05, 4.69) is 0 Å². The van der Waals surface area contributed by atoms with Crippen LogP contribution in [0.4, 0.5) is 4.39 Å². The number of benzene rings is 1. The van der Waals surface area contributed by atoms with Gasteiger partial charge in [-0.05, 0) is 24.6 Å². The van der Waals surface area contributed by atoms with Gasteiger partial charge in [0.25, 0.3) is 0 Å². The topological polar surface area (TPSA) is 46.5 Å². The van der Waals surface area contributed by atoms with Crippen molar-refractivity contribution >= 4 is 11.5 Å². The summed E-state index contributed by atoms with van der Waals surface area (Å²) in [7, 11) is 0. The fourth-order valence-corrected chi connectivity index (χ4v) is 1.08. The lowest BCUT2D eigenvalue weighted by molar-refractivity contribution is -0.136. The van der Waals surface area contributed by atoms with Gasteiger partial charge in [0.05, 0.1) is 12.9 Å². The van der Waals surface area contributed by atoms with Crippen LogP contribution in [0.5, 0.6) is 0 Å². The van der Waals surface area contributed by atoms with E-state index in [9.17, 15) is 9.18 Å². The van der Waals surface area contributed by atoms with E-state index in [1.807, 2.05) is 0 Å². The molecule has 0 aliphatic rings. The molecule has 0 fully saturated rings. The summed E-state index contributed by atoms with van der Waals surface area (Å²) in [4.78, 5) is 11.3. The minimum absolute atomic E-state index is 0.0110. The maximum absolute atomic E-state index is 12.6. The molecule has 15 heavy (non-hydrogen) atoms. The Morgan fingerprint density at radius 1 is 1.47 bits per heavy atom. The molecule has 1 rings (SSSR count). The fourth-order valence-electron chi connectivity index (χ4n) is 1.08. The van der Waals surface area contributed by atoms with Crippen molar-refractivity contribution in [2.45, 2.75) is 6.92 Å². The maximum atomic E-state index is 12.6. The van der Waals surface area contributed by atoms with Gasteiger partial charge in [-0.3, -0.25) is 0 Å². The summed E-state index contributed by atoms with van der Waals surface area (Å²) < 4.78 is 17.3. The van der Waals surface area contributed by atoms with Gasteiger partial charge in [0.1, 0.15) is 11.4 Å². The number of carbonyl (C=O) groups is 1. The van der Waals surface area contributed by atoms with Crippen LogP contribution >= 0.6 is 0 Å². The highest BCUT2D eigenvalue weighted by Gasteiger charge is 2.12. The number of esters is 1. The molecule has 0 atom stereocenters. The zero-order valence-electron chi connectivity index (χ0n) is 8.24. The SMILES string of the molecule is CCOC(=O)/C(=C/O)c1ccc(F)cc1. The van der Waals surface area contributed by atoms with Crippen LogP contribution in [0.25, 0.3) is 5.57 Å². The molecule has 0 saturated carbocycles. The van der Waals surface area contributed by atoms with Gasteiger partial charge in [0, 0.05) is 0 Å². The van der Waals surface area contributed by atoms with Gasteiger partial charge in [0.15, 0.2) is 0 Å². The highest BCUT2D eigenvalue weighted by molar-refractivity contribution is 6.16. The second kappa shape index (κ2) is 5.14. The third-order valence-electron chi connectivity index (χ3n) is 1.78. The number of hydrogen-bond donors (Lipinski definition) is 1. The summed E-state index contributed by atoms with van der Waals surface area (Å²) in [5.74, 6) is -1.04. The molecular weight excluding hydrogens is 199 g/mol. The highest BCUT2D eigenvalue weighted by Crippen LogP contribution is 2.15. The highest BCUT2D eigenvalue weighted by atomic mass is 19.1. The molecule has 1 aromatic rings. The van der Waals surface area contributed by atoms with Gasteiger partial charge in [-0.2, -0.15) is 0 Å². The lowest BCUT2D eigenvalue weighted by atomic mass is 10.1. The van der Waals surface area contributed by atoms with Gasteiger partial charge in [-0.25, -0.2) is 9.18 Å². The quantitative estimate of drug-likeness (QED) is 0.473. The van der Waals surface area contributed by atoms with E-state index in [0.29, 0.717) is 11.8 Å². The molecule has 1 N–H and O–H groups in total. The van der Waals surface area contributed by atoms with Crippen LogP contribution in [0.15, 0.2) is 30.5 Å². The summed E-state index contributed by atoms with van der Waals surface area (Å²) in [6.07, 6.45) is 0.658. The van der Waals surface area contributed by atoms with Gasteiger partial charge >= 0.3 is 5.97 Å². The van der Waals surface area contributed by atoms with Crippen molar-refractivity contribution in [3.8, 4) is 0 Å². The van der Waals surface area contributed by atoms with E-state index >= 15 is 0 Å². The number of carbonyl (C=O) groups excluding carboxylic acids is 1. The second-order valence-corrected chi connectivity index (χ2v) is 2.77. The van der Waals surface area contributed by atoms with Gasteiger partial charge < -0.3 is 9.84 Å². The Morgan fingerprint density at radius 2 is 2.07 bits per heavy atom. The molecule has 0 aliphatic heterocycles. The molecule has 0 radical (unpaired) electrons. The average molecular weight is 210 g/mol. The van der Waals surface area contributed by atoms with Crippen molar-refractivity contribution in [3.63, 3.8) is 0 Å². The standard InChI is InChI=1S/C11H11FO3/c1-2-15-11(14)10(7-13)8-3-5-9(12)6-4-8/h3-7,13H,2H2,1H3/b10-7+. The molecule has 80 valence electrons. The minimum Gasteiger partial charge on any atom is -0.515 e. The number of ether oxygens (including phenoxy) is 1. The Balaban J connectivity index is 2.94. The van der Waals surface area contributed by atoms with Crippen molar-refractivity contribution in [3.05, 3.63) is 41.9 Å². The summed E-state index contributed by atoms with van der Waals surface area (Å²) in [5, 5.41) is 8.89. The van der Waals surface area contributed by atoms with E-state index < -0.39 is 11.8 Å². The van der Waals surface area contributed by atoms with Crippen molar-refractivity contribution in [1.82, 2.24) is 0 Å². The molecule has 0 aliphatic carbocycles. The molecule has 0 amide bonds. The normalized spacial score (nSPS) is 11.2. The zero-order chi connectivity index (χ0) is 11.3. The minimum atomic E-state index is -0.633.